The van der Waals surface area contributed by atoms with Crippen LogP contribution in [0.25, 0.3) is 0 Å². The molecule has 0 aliphatic heterocycles. The highest BCUT2D eigenvalue weighted by atomic mass is 16.5. The van der Waals surface area contributed by atoms with Crippen molar-refractivity contribution < 1.29 is 9.53 Å². The van der Waals surface area contributed by atoms with Gasteiger partial charge in [0.1, 0.15) is 12.4 Å². The van der Waals surface area contributed by atoms with Crippen LogP contribution in [0.15, 0.2) is 36.4 Å². The normalized spacial score (nSPS) is 10.4. The summed E-state index contributed by atoms with van der Waals surface area (Å²) in [5, 5.41) is 0. The van der Waals surface area contributed by atoms with Gasteiger partial charge in [-0.15, -0.1) is 0 Å². The molecule has 0 fully saturated rings. The van der Waals surface area contributed by atoms with Crippen LogP contribution in [0, 0.1) is 0 Å². The number of allylic oxidation sites excluding steroid dienone is 1. The molecular formula is C11H13NO2. The number of ether oxygens (including phenoxy) is 1. The van der Waals surface area contributed by atoms with E-state index < -0.39 is 5.91 Å². The van der Waals surface area contributed by atoms with Crippen molar-refractivity contribution in [2.24, 2.45) is 5.73 Å². The predicted octanol–water partition coefficient (Wildman–Crippen LogP) is 1.74. The zero-order chi connectivity index (χ0) is 10.4. The molecule has 1 amide bonds. The van der Waals surface area contributed by atoms with Crippen LogP contribution in [0.3, 0.4) is 0 Å². The van der Waals surface area contributed by atoms with Crippen molar-refractivity contribution in [3.05, 3.63) is 42.0 Å². The van der Waals surface area contributed by atoms with Gasteiger partial charge in [-0.25, -0.2) is 0 Å². The minimum atomic E-state index is -0.471. The van der Waals surface area contributed by atoms with Gasteiger partial charge in [0.15, 0.2) is 0 Å². The topological polar surface area (TPSA) is 52.3 Å². The largest absolute Gasteiger partial charge is 0.489 e. The van der Waals surface area contributed by atoms with Crippen LogP contribution in [-0.2, 0) is 0 Å². The summed E-state index contributed by atoms with van der Waals surface area (Å²) in [6.07, 6.45) is 3.74. The van der Waals surface area contributed by atoms with Crippen molar-refractivity contribution in [3.8, 4) is 5.75 Å². The minimum absolute atomic E-state index is 0.414. The van der Waals surface area contributed by atoms with Gasteiger partial charge in [-0.3, -0.25) is 4.79 Å². The van der Waals surface area contributed by atoms with Crippen molar-refractivity contribution in [3.63, 3.8) is 0 Å². The molecule has 3 heteroatoms. The van der Waals surface area contributed by atoms with Gasteiger partial charge in [-0.05, 0) is 19.1 Å². The standard InChI is InChI=1S/C11H13NO2/c1-2-3-8-14-10-7-5-4-6-9(10)11(12)13/h2-7H,8H2,1H3,(H2,12,13). The summed E-state index contributed by atoms with van der Waals surface area (Å²) in [6, 6.07) is 6.93. The minimum Gasteiger partial charge on any atom is -0.489 e. The summed E-state index contributed by atoms with van der Waals surface area (Å²) < 4.78 is 5.35. The number of benzene rings is 1. The second-order valence-electron chi connectivity index (χ2n) is 2.74. The second-order valence-corrected chi connectivity index (χ2v) is 2.74. The van der Waals surface area contributed by atoms with Crippen LogP contribution >= 0.6 is 0 Å². The average molecular weight is 191 g/mol. The van der Waals surface area contributed by atoms with Gasteiger partial charge in [0, 0.05) is 0 Å². The van der Waals surface area contributed by atoms with E-state index in [1.165, 1.54) is 0 Å². The number of hydrogen-bond acceptors (Lipinski definition) is 2. The lowest BCUT2D eigenvalue weighted by Gasteiger charge is -2.06. The van der Waals surface area contributed by atoms with E-state index in [0.29, 0.717) is 17.9 Å². The molecule has 0 bridgehead atoms. The van der Waals surface area contributed by atoms with Gasteiger partial charge in [-0.1, -0.05) is 24.3 Å². The Morgan fingerprint density at radius 2 is 2.21 bits per heavy atom. The third-order valence-corrected chi connectivity index (χ3v) is 1.72. The van der Waals surface area contributed by atoms with E-state index in [-0.39, 0.29) is 0 Å². The third kappa shape index (κ3) is 2.62. The molecule has 0 radical (unpaired) electrons. The number of carbonyl (C=O) groups is 1. The first kappa shape index (κ1) is 10.3. The number of carbonyl (C=O) groups excluding carboxylic acids is 1. The maximum atomic E-state index is 11.0. The molecular weight excluding hydrogens is 178 g/mol. The summed E-state index contributed by atoms with van der Waals surface area (Å²) in [7, 11) is 0. The van der Waals surface area contributed by atoms with Crippen LogP contribution in [0.5, 0.6) is 5.75 Å². The number of primary amides is 1. The predicted molar refractivity (Wildman–Crippen MR) is 55.3 cm³/mol. The molecule has 0 aliphatic carbocycles. The first-order valence-electron chi connectivity index (χ1n) is 4.38. The molecule has 0 aromatic heterocycles. The Morgan fingerprint density at radius 3 is 2.86 bits per heavy atom. The maximum absolute atomic E-state index is 11.0. The zero-order valence-electron chi connectivity index (χ0n) is 8.07. The Kier molecular flexibility index (Phi) is 3.73. The molecule has 3 nitrogen and oxygen atoms in total. The first-order chi connectivity index (χ1) is 6.75. The van der Waals surface area contributed by atoms with Crippen molar-refractivity contribution >= 4 is 5.91 Å². The molecule has 0 aliphatic rings. The third-order valence-electron chi connectivity index (χ3n) is 1.72. The molecule has 74 valence electrons. The molecule has 1 aromatic carbocycles. The van der Waals surface area contributed by atoms with Crippen LogP contribution in [0.4, 0.5) is 0 Å². The fourth-order valence-electron chi connectivity index (χ4n) is 1.03. The maximum Gasteiger partial charge on any atom is 0.252 e. The number of hydrogen-bond donors (Lipinski definition) is 1. The van der Waals surface area contributed by atoms with Crippen LogP contribution in [0.1, 0.15) is 17.3 Å². The summed E-state index contributed by atoms with van der Waals surface area (Å²) >= 11 is 0. The zero-order valence-corrected chi connectivity index (χ0v) is 8.07. The number of amides is 1. The molecule has 2 N–H and O–H groups in total. The van der Waals surface area contributed by atoms with Gasteiger partial charge >= 0.3 is 0 Å². The van der Waals surface area contributed by atoms with E-state index >= 15 is 0 Å². The van der Waals surface area contributed by atoms with E-state index in [2.05, 4.69) is 0 Å². The number of para-hydroxylation sites is 1. The highest BCUT2D eigenvalue weighted by Crippen LogP contribution is 2.16. The Morgan fingerprint density at radius 1 is 1.50 bits per heavy atom. The van der Waals surface area contributed by atoms with Gasteiger partial charge in [0.25, 0.3) is 5.91 Å². The van der Waals surface area contributed by atoms with Gasteiger partial charge < -0.3 is 10.5 Å². The number of rotatable bonds is 4. The summed E-state index contributed by atoms with van der Waals surface area (Å²) in [6.45, 7) is 2.35. The Hall–Kier alpha value is -1.77. The monoisotopic (exact) mass is 191 g/mol. The van der Waals surface area contributed by atoms with E-state index in [0.717, 1.165) is 0 Å². The molecule has 0 atom stereocenters. The fraction of sp³-hybridized carbons (Fsp3) is 0.182. The molecule has 0 unspecified atom stereocenters. The van der Waals surface area contributed by atoms with Crippen molar-refractivity contribution in [2.75, 3.05) is 6.61 Å². The lowest BCUT2D eigenvalue weighted by molar-refractivity contribution is 0.0997. The van der Waals surface area contributed by atoms with Crippen molar-refractivity contribution in [1.82, 2.24) is 0 Å². The first-order valence-corrected chi connectivity index (χ1v) is 4.38. The van der Waals surface area contributed by atoms with Crippen molar-refractivity contribution in [2.45, 2.75) is 6.92 Å². The average Bonchev–Trinajstić information content (AvgIpc) is 2.19. The lowest BCUT2D eigenvalue weighted by Crippen LogP contribution is -2.12. The van der Waals surface area contributed by atoms with Gasteiger partial charge in [-0.2, -0.15) is 0 Å². The molecule has 0 saturated carbocycles. The molecule has 0 spiro atoms. The molecule has 0 saturated heterocycles. The highest BCUT2D eigenvalue weighted by molar-refractivity contribution is 5.95. The summed E-state index contributed by atoms with van der Waals surface area (Å²) in [4.78, 5) is 11.0. The van der Waals surface area contributed by atoms with Crippen LogP contribution in [-0.4, -0.2) is 12.5 Å². The van der Waals surface area contributed by atoms with E-state index in [1.54, 1.807) is 24.3 Å². The SMILES string of the molecule is CC=CCOc1ccccc1C(N)=O. The molecule has 14 heavy (non-hydrogen) atoms. The molecule has 1 rings (SSSR count). The molecule has 0 heterocycles. The smallest absolute Gasteiger partial charge is 0.252 e. The van der Waals surface area contributed by atoms with Gasteiger partial charge in [0.2, 0.25) is 0 Å². The fourth-order valence-corrected chi connectivity index (χ4v) is 1.03. The van der Waals surface area contributed by atoms with Crippen molar-refractivity contribution in [1.29, 1.82) is 0 Å². The summed E-state index contributed by atoms with van der Waals surface area (Å²) in [5.74, 6) is 0.0548. The summed E-state index contributed by atoms with van der Waals surface area (Å²) in [5.41, 5.74) is 5.60. The van der Waals surface area contributed by atoms with Gasteiger partial charge in [0.05, 0.1) is 5.56 Å². The van der Waals surface area contributed by atoms with Crippen LogP contribution in [0.2, 0.25) is 0 Å². The van der Waals surface area contributed by atoms with Crippen LogP contribution < -0.4 is 10.5 Å². The highest BCUT2D eigenvalue weighted by Gasteiger charge is 2.06. The second kappa shape index (κ2) is 5.07. The molecule has 1 aromatic rings. The Labute approximate surface area is 83.2 Å². The van der Waals surface area contributed by atoms with E-state index in [9.17, 15) is 4.79 Å². The quantitative estimate of drug-likeness (QED) is 0.737. The Bertz CT molecular complexity index is 345. The van der Waals surface area contributed by atoms with E-state index in [1.807, 2.05) is 19.1 Å². The number of nitrogens with two attached hydrogens (primary N) is 1. The van der Waals surface area contributed by atoms with E-state index in [4.69, 9.17) is 10.5 Å². The Balaban J connectivity index is 2.79. The lowest BCUT2D eigenvalue weighted by atomic mass is 10.2.